The third-order valence-corrected chi connectivity index (χ3v) is 5.51. The van der Waals surface area contributed by atoms with Gasteiger partial charge in [0, 0.05) is 43.2 Å². The molecule has 2 aliphatic rings. The summed E-state index contributed by atoms with van der Waals surface area (Å²) in [4.78, 5) is 34.1. The zero-order chi connectivity index (χ0) is 18.3. The van der Waals surface area contributed by atoms with Gasteiger partial charge in [-0.3, -0.25) is 14.6 Å². The predicted molar refractivity (Wildman–Crippen MR) is 101 cm³/mol. The van der Waals surface area contributed by atoms with Crippen LogP contribution in [0.2, 0.25) is 0 Å². The van der Waals surface area contributed by atoms with Gasteiger partial charge >= 0.3 is 0 Å². The summed E-state index contributed by atoms with van der Waals surface area (Å²) in [6, 6.07) is 7.94. The zero-order valence-corrected chi connectivity index (χ0v) is 15.5. The molecule has 2 heterocycles. The molecule has 4 rings (SSSR count). The molecule has 0 atom stereocenters. The lowest BCUT2D eigenvalue weighted by atomic mass is 9.99. The van der Waals surface area contributed by atoms with Crippen LogP contribution in [0.3, 0.4) is 0 Å². The lowest BCUT2D eigenvalue weighted by Crippen LogP contribution is -2.51. The smallest absolute Gasteiger partial charge is 0.255 e. The first-order valence-electron chi connectivity index (χ1n) is 9.55. The standard InChI is InChI=1S/C21H25N3O2/c1-14(2)20(25)23-10-12-24(13-11-23)21(26)19-15-6-3-4-8-17(15)22-18-9-5-7-16(18)19/h3-4,6,8,14H,5,7,9-13H2,1-2H3. The average molecular weight is 351 g/mol. The third-order valence-electron chi connectivity index (χ3n) is 5.51. The second-order valence-corrected chi connectivity index (χ2v) is 7.55. The van der Waals surface area contributed by atoms with E-state index in [9.17, 15) is 9.59 Å². The molecule has 0 bridgehead atoms. The molecular weight excluding hydrogens is 326 g/mol. The number of para-hydroxylation sites is 1. The van der Waals surface area contributed by atoms with Gasteiger partial charge in [-0.1, -0.05) is 32.0 Å². The van der Waals surface area contributed by atoms with Crippen molar-refractivity contribution in [1.29, 1.82) is 0 Å². The first kappa shape index (κ1) is 17.0. The van der Waals surface area contributed by atoms with Gasteiger partial charge in [0.05, 0.1) is 11.1 Å². The molecule has 1 aromatic carbocycles. The molecule has 136 valence electrons. The fourth-order valence-electron chi connectivity index (χ4n) is 4.11. The van der Waals surface area contributed by atoms with E-state index in [1.54, 1.807) is 0 Å². The van der Waals surface area contributed by atoms with Crippen LogP contribution in [-0.4, -0.2) is 52.8 Å². The number of amides is 2. The van der Waals surface area contributed by atoms with E-state index in [0.29, 0.717) is 26.2 Å². The minimum absolute atomic E-state index is 0.00432. The SMILES string of the molecule is CC(C)C(=O)N1CCN(C(=O)c2c3c(nc4ccccc24)CCC3)CC1. The molecular formula is C21H25N3O2. The maximum absolute atomic E-state index is 13.4. The number of carbonyl (C=O) groups excluding carboxylic acids is 2. The molecule has 1 aromatic heterocycles. The fourth-order valence-corrected chi connectivity index (χ4v) is 4.11. The molecule has 1 saturated heterocycles. The summed E-state index contributed by atoms with van der Waals surface area (Å²) in [7, 11) is 0. The highest BCUT2D eigenvalue weighted by Crippen LogP contribution is 2.31. The second kappa shape index (κ2) is 6.71. The molecule has 1 aliphatic heterocycles. The van der Waals surface area contributed by atoms with Crippen molar-refractivity contribution in [1.82, 2.24) is 14.8 Å². The van der Waals surface area contributed by atoms with E-state index < -0.39 is 0 Å². The maximum atomic E-state index is 13.4. The van der Waals surface area contributed by atoms with Gasteiger partial charge in [-0.15, -0.1) is 0 Å². The van der Waals surface area contributed by atoms with Crippen molar-refractivity contribution in [2.75, 3.05) is 26.2 Å². The Morgan fingerprint density at radius 1 is 1.00 bits per heavy atom. The highest BCUT2D eigenvalue weighted by molar-refractivity contribution is 6.08. The van der Waals surface area contributed by atoms with Gasteiger partial charge in [0.2, 0.25) is 5.91 Å². The van der Waals surface area contributed by atoms with E-state index in [1.165, 1.54) is 0 Å². The lowest BCUT2D eigenvalue weighted by Gasteiger charge is -2.36. The van der Waals surface area contributed by atoms with Crippen molar-refractivity contribution >= 4 is 22.7 Å². The second-order valence-electron chi connectivity index (χ2n) is 7.55. The summed E-state index contributed by atoms with van der Waals surface area (Å²) < 4.78 is 0. The van der Waals surface area contributed by atoms with E-state index in [2.05, 4.69) is 0 Å². The van der Waals surface area contributed by atoms with E-state index in [-0.39, 0.29) is 17.7 Å². The largest absolute Gasteiger partial charge is 0.339 e. The number of pyridine rings is 1. The number of carbonyl (C=O) groups is 2. The molecule has 5 heteroatoms. The molecule has 0 radical (unpaired) electrons. The zero-order valence-electron chi connectivity index (χ0n) is 15.5. The van der Waals surface area contributed by atoms with Crippen molar-refractivity contribution in [2.24, 2.45) is 5.92 Å². The average Bonchev–Trinajstić information content (AvgIpc) is 3.13. The van der Waals surface area contributed by atoms with Gasteiger partial charge in [-0.05, 0) is 30.9 Å². The number of nitrogens with zero attached hydrogens (tertiary/aromatic N) is 3. The van der Waals surface area contributed by atoms with E-state index in [4.69, 9.17) is 4.98 Å². The number of piperazine rings is 1. The molecule has 5 nitrogen and oxygen atoms in total. The summed E-state index contributed by atoms with van der Waals surface area (Å²) in [6.45, 7) is 6.28. The minimum atomic E-state index is 0.00432. The van der Waals surface area contributed by atoms with Crippen LogP contribution in [0.25, 0.3) is 10.9 Å². The number of hydrogen-bond donors (Lipinski definition) is 0. The first-order chi connectivity index (χ1) is 12.6. The summed E-state index contributed by atoms with van der Waals surface area (Å²) >= 11 is 0. The Hall–Kier alpha value is -2.43. The van der Waals surface area contributed by atoms with Crippen LogP contribution in [0.1, 0.15) is 41.9 Å². The topological polar surface area (TPSA) is 53.5 Å². The Morgan fingerprint density at radius 3 is 2.42 bits per heavy atom. The summed E-state index contributed by atoms with van der Waals surface area (Å²) in [5, 5.41) is 0.957. The van der Waals surface area contributed by atoms with Crippen molar-refractivity contribution in [2.45, 2.75) is 33.1 Å². The van der Waals surface area contributed by atoms with Gasteiger partial charge in [0.1, 0.15) is 0 Å². The van der Waals surface area contributed by atoms with E-state index >= 15 is 0 Å². The number of hydrogen-bond acceptors (Lipinski definition) is 3. The molecule has 2 amide bonds. The number of aromatic nitrogens is 1. The first-order valence-corrected chi connectivity index (χ1v) is 9.55. The minimum Gasteiger partial charge on any atom is -0.339 e. The number of aryl methyl sites for hydroxylation is 1. The molecule has 0 unspecified atom stereocenters. The van der Waals surface area contributed by atoms with Crippen LogP contribution in [-0.2, 0) is 17.6 Å². The lowest BCUT2D eigenvalue weighted by molar-refractivity contribution is -0.135. The molecule has 0 saturated carbocycles. The van der Waals surface area contributed by atoms with Gasteiger partial charge < -0.3 is 9.80 Å². The van der Waals surface area contributed by atoms with Gasteiger partial charge in [-0.2, -0.15) is 0 Å². The molecule has 0 N–H and O–H groups in total. The third kappa shape index (κ3) is 2.85. The van der Waals surface area contributed by atoms with Crippen LogP contribution in [0.4, 0.5) is 0 Å². The van der Waals surface area contributed by atoms with Crippen LogP contribution in [0.5, 0.6) is 0 Å². The van der Waals surface area contributed by atoms with Gasteiger partial charge in [0.15, 0.2) is 0 Å². The molecule has 1 fully saturated rings. The van der Waals surface area contributed by atoms with Crippen molar-refractivity contribution in [3.05, 3.63) is 41.1 Å². The van der Waals surface area contributed by atoms with E-state index in [1.807, 2.05) is 47.9 Å². The summed E-state index contributed by atoms with van der Waals surface area (Å²) in [5.74, 6) is 0.274. The maximum Gasteiger partial charge on any atom is 0.255 e. The molecule has 26 heavy (non-hydrogen) atoms. The highest BCUT2D eigenvalue weighted by Gasteiger charge is 2.30. The van der Waals surface area contributed by atoms with Crippen molar-refractivity contribution < 1.29 is 9.59 Å². The Kier molecular flexibility index (Phi) is 4.39. The highest BCUT2D eigenvalue weighted by atomic mass is 16.2. The predicted octanol–water partition coefficient (Wildman–Crippen LogP) is 2.66. The Bertz CT molecular complexity index is 867. The van der Waals surface area contributed by atoms with Crippen LogP contribution < -0.4 is 0 Å². The molecule has 1 aliphatic carbocycles. The fraction of sp³-hybridized carbons (Fsp3) is 0.476. The van der Waals surface area contributed by atoms with Crippen LogP contribution >= 0.6 is 0 Å². The summed E-state index contributed by atoms with van der Waals surface area (Å²) in [5.41, 5.74) is 3.96. The number of benzene rings is 1. The Morgan fingerprint density at radius 2 is 1.69 bits per heavy atom. The number of fused-ring (bicyclic) bond motifs is 2. The van der Waals surface area contributed by atoms with Crippen LogP contribution in [0, 0.1) is 5.92 Å². The normalized spacial score (nSPS) is 17.0. The molecule has 2 aromatic rings. The monoisotopic (exact) mass is 351 g/mol. The number of rotatable bonds is 2. The molecule has 0 spiro atoms. The van der Waals surface area contributed by atoms with Gasteiger partial charge in [-0.25, -0.2) is 0 Å². The Balaban J connectivity index is 1.63. The quantitative estimate of drug-likeness (QED) is 0.836. The van der Waals surface area contributed by atoms with Gasteiger partial charge in [0.25, 0.3) is 5.91 Å². The Labute approximate surface area is 154 Å². The summed E-state index contributed by atoms with van der Waals surface area (Å²) in [6.07, 6.45) is 2.95. The van der Waals surface area contributed by atoms with Crippen molar-refractivity contribution in [3.63, 3.8) is 0 Å². The van der Waals surface area contributed by atoms with E-state index in [0.717, 1.165) is 47.0 Å². The van der Waals surface area contributed by atoms with Crippen molar-refractivity contribution in [3.8, 4) is 0 Å². The van der Waals surface area contributed by atoms with Crippen LogP contribution in [0.15, 0.2) is 24.3 Å².